The van der Waals surface area contributed by atoms with Crippen molar-refractivity contribution >= 4 is 6.47 Å². The summed E-state index contributed by atoms with van der Waals surface area (Å²) in [5.74, 6) is -0.00907. The van der Waals surface area contributed by atoms with Crippen molar-refractivity contribution in [1.29, 1.82) is 0 Å². The molecule has 1 aliphatic rings. The highest BCUT2D eigenvalue weighted by Gasteiger charge is 2.32. The van der Waals surface area contributed by atoms with Gasteiger partial charge in [-0.05, 0) is 18.8 Å². The summed E-state index contributed by atoms with van der Waals surface area (Å²) in [7, 11) is 0. The summed E-state index contributed by atoms with van der Waals surface area (Å²) in [4.78, 5) is 9.75. The minimum atomic E-state index is -1.14. The number of carbonyl (C=O) groups is 1. The predicted octanol–water partition coefficient (Wildman–Crippen LogP) is 0.268. The van der Waals surface area contributed by atoms with Gasteiger partial charge in [-0.2, -0.15) is 0 Å². The lowest BCUT2D eigenvalue weighted by molar-refractivity contribution is -0.130. The molecule has 3 nitrogen and oxygen atoms in total. The van der Waals surface area contributed by atoms with E-state index < -0.39 is 12.3 Å². The first kappa shape index (κ1) is 8.46. The van der Waals surface area contributed by atoms with Crippen LogP contribution in [0.15, 0.2) is 0 Å². The fourth-order valence-electron chi connectivity index (χ4n) is 1.37. The largest absolute Gasteiger partial charge is 0.468 e. The highest BCUT2D eigenvalue weighted by Crippen LogP contribution is 2.28. The number of carbonyl (C=O) groups excluding carboxylic acids is 1. The van der Waals surface area contributed by atoms with E-state index in [1.807, 2.05) is 0 Å². The van der Waals surface area contributed by atoms with Gasteiger partial charge in [0.15, 0.2) is 0 Å². The molecule has 3 atom stereocenters. The third-order valence-corrected chi connectivity index (χ3v) is 1.95. The highest BCUT2D eigenvalue weighted by molar-refractivity contribution is 5.36. The van der Waals surface area contributed by atoms with Gasteiger partial charge in [-0.3, -0.25) is 4.79 Å². The van der Waals surface area contributed by atoms with E-state index in [0.29, 0.717) is 19.3 Å². The SMILES string of the molecule is O=COCC1C[C@@H](O)[C@H](F)C1. The molecule has 0 aromatic carbocycles. The maximum absolute atomic E-state index is 12.6. The summed E-state index contributed by atoms with van der Waals surface area (Å²) in [6.45, 7) is 0.568. The average Bonchev–Trinajstić information content (AvgIpc) is 2.28. The third-order valence-electron chi connectivity index (χ3n) is 1.95. The van der Waals surface area contributed by atoms with E-state index in [9.17, 15) is 9.18 Å². The molecule has 0 bridgehead atoms. The Bertz CT molecular complexity index is 130. The van der Waals surface area contributed by atoms with Gasteiger partial charge in [-0.1, -0.05) is 0 Å². The molecule has 0 radical (unpaired) electrons. The molecule has 0 aromatic rings. The third kappa shape index (κ3) is 2.15. The van der Waals surface area contributed by atoms with Gasteiger partial charge >= 0.3 is 0 Å². The summed E-state index contributed by atoms with van der Waals surface area (Å²) >= 11 is 0. The molecule has 0 aromatic heterocycles. The molecule has 11 heavy (non-hydrogen) atoms. The Kier molecular flexibility index (Phi) is 2.82. The summed E-state index contributed by atoms with van der Waals surface area (Å²) < 4.78 is 17.1. The lowest BCUT2D eigenvalue weighted by Crippen LogP contribution is -2.12. The molecule has 1 aliphatic carbocycles. The van der Waals surface area contributed by atoms with Crippen LogP contribution in [-0.2, 0) is 9.53 Å². The van der Waals surface area contributed by atoms with Gasteiger partial charge in [-0.25, -0.2) is 4.39 Å². The van der Waals surface area contributed by atoms with Crippen molar-refractivity contribution in [2.45, 2.75) is 25.1 Å². The molecule has 4 heteroatoms. The van der Waals surface area contributed by atoms with Crippen molar-refractivity contribution in [3.8, 4) is 0 Å². The standard InChI is InChI=1S/C7H11FO3/c8-6-1-5(2-7(6)10)3-11-4-9/h4-7,10H,1-3H2/t5?,6-,7-/m1/s1. The van der Waals surface area contributed by atoms with Gasteiger partial charge in [0.25, 0.3) is 6.47 Å². The fraction of sp³-hybridized carbons (Fsp3) is 0.857. The maximum Gasteiger partial charge on any atom is 0.293 e. The summed E-state index contributed by atoms with van der Waals surface area (Å²) in [5.41, 5.74) is 0. The van der Waals surface area contributed by atoms with Crippen molar-refractivity contribution in [1.82, 2.24) is 0 Å². The van der Waals surface area contributed by atoms with Gasteiger partial charge in [-0.15, -0.1) is 0 Å². The number of aliphatic hydroxyl groups is 1. The molecule has 1 unspecified atom stereocenters. The first-order valence-corrected chi connectivity index (χ1v) is 3.61. The van der Waals surface area contributed by atoms with Gasteiger partial charge in [0.05, 0.1) is 12.7 Å². The number of ether oxygens (including phenoxy) is 1. The van der Waals surface area contributed by atoms with E-state index in [1.165, 1.54) is 0 Å². The Hall–Kier alpha value is -0.640. The molecule has 1 saturated carbocycles. The van der Waals surface area contributed by atoms with E-state index in [-0.39, 0.29) is 12.5 Å². The quantitative estimate of drug-likeness (QED) is 0.606. The highest BCUT2D eigenvalue weighted by atomic mass is 19.1. The first-order chi connectivity index (χ1) is 5.24. The van der Waals surface area contributed by atoms with Crippen molar-refractivity contribution < 1.29 is 19.0 Å². The van der Waals surface area contributed by atoms with Gasteiger partial charge < -0.3 is 9.84 Å². The normalized spacial score (nSPS) is 37.1. The molecule has 0 heterocycles. The first-order valence-electron chi connectivity index (χ1n) is 3.61. The van der Waals surface area contributed by atoms with Crippen molar-refractivity contribution in [2.24, 2.45) is 5.92 Å². The minimum absolute atomic E-state index is 0.00907. The van der Waals surface area contributed by atoms with E-state index in [1.54, 1.807) is 0 Å². The lowest BCUT2D eigenvalue weighted by Gasteiger charge is -2.04. The molecule has 1 rings (SSSR count). The Morgan fingerprint density at radius 3 is 2.82 bits per heavy atom. The van der Waals surface area contributed by atoms with Crippen LogP contribution in [0.25, 0.3) is 0 Å². The lowest BCUT2D eigenvalue weighted by atomic mass is 10.1. The number of hydrogen-bond donors (Lipinski definition) is 1. The van der Waals surface area contributed by atoms with Crippen LogP contribution in [0, 0.1) is 5.92 Å². The second-order valence-electron chi connectivity index (χ2n) is 2.85. The van der Waals surface area contributed by atoms with Crippen LogP contribution in [0.2, 0.25) is 0 Å². The van der Waals surface area contributed by atoms with E-state index >= 15 is 0 Å². The average molecular weight is 162 g/mol. The molecule has 64 valence electrons. The molecule has 1 fully saturated rings. The number of alkyl halides is 1. The van der Waals surface area contributed by atoms with Crippen LogP contribution in [0.4, 0.5) is 4.39 Å². The van der Waals surface area contributed by atoms with Crippen LogP contribution in [0.1, 0.15) is 12.8 Å². The Morgan fingerprint density at radius 2 is 2.36 bits per heavy atom. The number of rotatable bonds is 3. The number of aliphatic hydroxyl groups excluding tert-OH is 1. The van der Waals surface area contributed by atoms with Crippen LogP contribution in [-0.4, -0.2) is 30.5 Å². The van der Waals surface area contributed by atoms with Crippen molar-refractivity contribution in [2.75, 3.05) is 6.61 Å². The van der Waals surface area contributed by atoms with Crippen LogP contribution in [0.3, 0.4) is 0 Å². The van der Waals surface area contributed by atoms with Crippen LogP contribution in [0.5, 0.6) is 0 Å². The summed E-state index contributed by atoms with van der Waals surface area (Å²) in [6, 6.07) is 0. The van der Waals surface area contributed by atoms with Crippen LogP contribution >= 0.6 is 0 Å². The van der Waals surface area contributed by atoms with E-state index in [2.05, 4.69) is 4.74 Å². The molecule has 0 spiro atoms. The molecule has 0 amide bonds. The number of halogens is 1. The summed E-state index contributed by atoms with van der Waals surface area (Å²) in [6.07, 6.45) is -1.31. The topological polar surface area (TPSA) is 46.5 Å². The van der Waals surface area contributed by atoms with Crippen molar-refractivity contribution in [3.63, 3.8) is 0 Å². The van der Waals surface area contributed by atoms with E-state index in [0.717, 1.165) is 0 Å². The maximum atomic E-state index is 12.6. The van der Waals surface area contributed by atoms with E-state index in [4.69, 9.17) is 5.11 Å². The zero-order chi connectivity index (χ0) is 8.27. The van der Waals surface area contributed by atoms with Gasteiger partial charge in [0.1, 0.15) is 6.17 Å². The Labute approximate surface area is 64.2 Å². The Balaban J connectivity index is 2.23. The van der Waals surface area contributed by atoms with Gasteiger partial charge in [0.2, 0.25) is 0 Å². The molecular formula is C7H11FO3. The molecule has 1 N–H and O–H groups in total. The fourth-order valence-corrected chi connectivity index (χ4v) is 1.37. The number of hydrogen-bond acceptors (Lipinski definition) is 3. The van der Waals surface area contributed by atoms with Gasteiger partial charge in [0, 0.05) is 0 Å². The minimum Gasteiger partial charge on any atom is -0.468 e. The second kappa shape index (κ2) is 3.67. The molecule has 0 aliphatic heterocycles. The second-order valence-corrected chi connectivity index (χ2v) is 2.85. The zero-order valence-corrected chi connectivity index (χ0v) is 6.07. The molecule has 0 saturated heterocycles. The van der Waals surface area contributed by atoms with Crippen LogP contribution < -0.4 is 0 Å². The zero-order valence-electron chi connectivity index (χ0n) is 6.07. The Morgan fingerprint density at radius 1 is 1.64 bits per heavy atom. The predicted molar refractivity (Wildman–Crippen MR) is 35.6 cm³/mol. The smallest absolute Gasteiger partial charge is 0.293 e. The van der Waals surface area contributed by atoms with Crippen molar-refractivity contribution in [3.05, 3.63) is 0 Å². The monoisotopic (exact) mass is 162 g/mol. The molecular weight excluding hydrogens is 151 g/mol. The summed E-state index contributed by atoms with van der Waals surface area (Å²) in [5, 5.41) is 8.95.